The number of rotatable bonds is 5. The number of fused-ring (bicyclic) bond motifs is 24. The zero-order chi connectivity index (χ0) is 89.1. The van der Waals surface area contributed by atoms with Crippen molar-refractivity contribution in [2.24, 2.45) is 28.2 Å². The molecular weight excluding hydrogens is 1500 g/mol. The van der Waals surface area contributed by atoms with Gasteiger partial charge in [0.25, 0.3) is 0 Å². The normalized spacial score (nSPS) is 13.4. The summed E-state index contributed by atoms with van der Waals surface area (Å²) in [5.41, 5.74) is 21.6. The van der Waals surface area contributed by atoms with Gasteiger partial charge in [-0.05, 0) is 162 Å². The monoisotopic (exact) mass is 1590 g/mol. The molecule has 0 N–H and O–H groups in total. The Balaban J connectivity index is 0.000000105. The number of benzene rings is 12. The van der Waals surface area contributed by atoms with E-state index in [4.69, 9.17) is 37.2 Å². The molecule has 0 fully saturated rings. The number of nitrogens with zero attached hydrogens (tertiary/aromatic N) is 8. The van der Waals surface area contributed by atoms with Gasteiger partial charge in [0.15, 0.2) is 40.9 Å². The Hall–Kier alpha value is -14.9. The van der Waals surface area contributed by atoms with Crippen LogP contribution < -0.4 is 18.3 Å². The molecule has 1 unspecified atom stereocenters. The maximum Gasteiger partial charge on any atom is 0.228 e. The second kappa shape index (κ2) is 29.3. The molecule has 0 aliphatic rings. The summed E-state index contributed by atoms with van der Waals surface area (Å²) in [7, 11) is 8.19. The Bertz CT molecular complexity index is 8700. The van der Waals surface area contributed by atoms with E-state index in [-0.39, 0.29) is 5.56 Å². The van der Waals surface area contributed by atoms with Crippen LogP contribution >= 0.6 is 0 Å². The van der Waals surface area contributed by atoms with Crippen LogP contribution in [0.15, 0.2) is 310 Å². The van der Waals surface area contributed by atoms with Crippen molar-refractivity contribution in [1.29, 1.82) is 0 Å². The van der Waals surface area contributed by atoms with E-state index >= 15 is 0 Å². The lowest BCUT2D eigenvalue weighted by molar-refractivity contribution is -0.659. The minimum Gasteiger partial charge on any atom is -0.437 e. The van der Waals surface area contributed by atoms with Gasteiger partial charge in [-0.15, -0.1) is 0 Å². The molecule has 0 aliphatic heterocycles. The lowest BCUT2D eigenvalue weighted by atomic mass is 9.92. The van der Waals surface area contributed by atoms with Crippen molar-refractivity contribution >= 4 is 175 Å². The molecule has 12 heterocycles. The quantitative estimate of drug-likeness (QED) is 0.156. The van der Waals surface area contributed by atoms with E-state index in [1.807, 2.05) is 92.6 Å². The van der Waals surface area contributed by atoms with Crippen LogP contribution in [0.2, 0.25) is 0 Å². The van der Waals surface area contributed by atoms with Crippen LogP contribution in [0.1, 0.15) is 74.0 Å². The number of para-hydroxylation sites is 1. The van der Waals surface area contributed by atoms with E-state index in [2.05, 4.69) is 272 Å². The number of aromatic nitrogens is 8. The molecule has 12 heteroatoms. The molecule has 0 radical (unpaired) electrons. The number of pyridine rings is 8. The zero-order valence-corrected chi connectivity index (χ0v) is 69.4. The lowest BCUT2D eigenvalue weighted by Gasteiger charge is -2.12. The van der Waals surface area contributed by atoms with Gasteiger partial charge in [0.2, 0.25) is 51.1 Å². The van der Waals surface area contributed by atoms with Gasteiger partial charge < -0.3 is 17.7 Å². The fourth-order valence-electron chi connectivity index (χ4n) is 18.6. The molecule has 12 aromatic carbocycles. The SMILES string of the molecule is Cc1ccc2c(oc3nc(C)c4ccccc4c32)c1-c1cc2ccccc2c[n+]1C.Cc1ccc2c(oc3ncc4ccccc4c32)c1-c1cc2ccccc2c[n+]1C.Cc1ccc2c(oc3ncc4ccccc4c32)c1-c1ccc2ccccc2[n+]1C.[2H]C([2H])([2H])c1cc2c(oc3nc(C)c4ccccc4c32)c(-c2c3ccc(C([2H])(C)C([2H])([2H])[2H])cc3cc[n+]2C)c1C. The molecule has 0 amide bonds. The number of hydrogen-bond acceptors (Lipinski definition) is 8. The fraction of sp³-hybridized carbons (Fsp3) is 0.127. The highest BCUT2D eigenvalue weighted by molar-refractivity contribution is 6.24. The van der Waals surface area contributed by atoms with Crippen LogP contribution in [0.25, 0.3) is 220 Å². The van der Waals surface area contributed by atoms with E-state index in [0.29, 0.717) is 50.5 Å². The van der Waals surface area contributed by atoms with Crippen LogP contribution in [0.3, 0.4) is 0 Å². The summed E-state index contributed by atoms with van der Waals surface area (Å²) in [6, 6.07) is 89.1. The largest absolute Gasteiger partial charge is 0.437 e. The molecule has 0 bridgehead atoms. The Morgan fingerprint density at radius 3 is 1.25 bits per heavy atom. The van der Waals surface area contributed by atoms with Gasteiger partial charge in [-0.25, -0.2) is 33.6 Å². The number of hydrogen-bond donors (Lipinski definition) is 0. The molecule has 0 aliphatic carbocycles. The summed E-state index contributed by atoms with van der Waals surface area (Å²) in [4.78, 5) is 18.8. The van der Waals surface area contributed by atoms with E-state index in [1.165, 1.54) is 77.6 Å². The Kier molecular flexibility index (Phi) is 16.1. The molecule has 1 atom stereocenters. The van der Waals surface area contributed by atoms with E-state index in [9.17, 15) is 0 Å². The fourth-order valence-corrected chi connectivity index (χ4v) is 18.6. The van der Waals surface area contributed by atoms with E-state index in [1.54, 1.807) is 25.1 Å². The van der Waals surface area contributed by atoms with Crippen molar-refractivity contribution in [1.82, 2.24) is 19.9 Å². The molecule has 0 spiro atoms. The van der Waals surface area contributed by atoms with Crippen molar-refractivity contribution < 1.29 is 45.5 Å². The van der Waals surface area contributed by atoms with Crippen molar-refractivity contribution in [2.75, 3.05) is 0 Å². The summed E-state index contributed by atoms with van der Waals surface area (Å²) in [5.74, 6) is -1.80. The molecule has 0 saturated carbocycles. The Morgan fingerprint density at radius 1 is 0.328 bits per heavy atom. The molecule has 12 aromatic heterocycles. The van der Waals surface area contributed by atoms with Crippen molar-refractivity contribution in [2.45, 2.75) is 68.1 Å². The summed E-state index contributed by atoms with van der Waals surface area (Å²) < 4.78 is 91.6. The average molecular weight is 1590 g/mol. The predicted molar refractivity (Wildman–Crippen MR) is 500 cm³/mol. The first kappa shape index (κ1) is 67.1. The van der Waals surface area contributed by atoms with Gasteiger partial charge >= 0.3 is 0 Å². The third-order valence-electron chi connectivity index (χ3n) is 24.8. The standard InChI is InChI=1S/C31H29N2O.C27H21N2O.2C26H19N2O/c1-17(2)21-11-12-24-22(16-21)13-14-33(6)29(24)27-19(4)18(3)15-26-28-25-10-8-7-9-23(25)20(5)32-31(28)34-30(26)27;1-16-12-13-22-25-21-11-7-6-10-20(21)17(2)28-27(25)30-26(22)24(16)23-14-18-8-4-5-9-19(18)15-29(23)3;1-16-11-13-20-24-19-9-5-3-8-18(19)15-27-26(24)29-25(20)23(16)22-14-12-17-7-4-6-10-21(17)28(22)2;1-16-11-12-21-24-20-10-6-5-8-18(20)14-27-26(24)29-25(21)23(16)22-13-17-7-3-4-9-19(17)15-28(22)2/h7-17H,1-6H3;4-15H,1-3H3;2*3-15H,1-2H3/q4*+1/i1D3,3D3,17D;;;. The van der Waals surface area contributed by atoms with Gasteiger partial charge in [0, 0.05) is 123 Å². The van der Waals surface area contributed by atoms with Gasteiger partial charge in [0.05, 0.1) is 49.2 Å². The topological polar surface area (TPSA) is 120 Å². The molecular formula is C110H88N8O4+4. The first-order valence-electron chi connectivity index (χ1n) is 44.6. The Morgan fingerprint density at radius 2 is 0.746 bits per heavy atom. The van der Waals surface area contributed by atoms with Gasteiger partial charge in [-0.2, -0.15) is 4.57 Å². The van der Waals surface area contributed by atoms with Gasteiger partial charge in [0.1, 0.15) is 28.2 Å². The molecule has 24 aromatic rings. The Labute approximate surface area is 713 Å². The van der Waals surface area contributed by atoms with Crippen LogP contribution in [-0.2, 0) is 28.2 Å². The summed E-state index contributed by atoms with van der Waals surface area (Å²) in [5, 5.41) is 24.5. The highest BCUT2D eigenvalue weighted by Crippen LogP contribution is 2.47. The van der Waals surface area contributed by atoms with Crippen LogP contribution in [-0.4, -0.2) is 19.9 Å². The van der Waals surface area contributed by atoms with Crippen LogP contribution in [0.4, 0.5) is 0 Å². The van der Waals surface area contributed by atoms with Crippen molar-refractivity contribution in [3.8, 4) is 45.0 Å². The van der Waals surface area contributed by atoms with Crippen molar-refractivity contribution in [3.05, 3.63) is 337 Å². The maximum atomic E-state index is 8.59. The van der Waals surface area contributed by atoms with E-state index in [0.717, 1.165) is 138 Å². The molecule has 122 heavy (non-hydrogen) atoms. The first-order chi connectivity index (χ1) is 62.1. The van der Waals surface area contributed by atoms with E-state index < -0.39 is 19.6 Å². The van der Waals surface area contributed by atoms with Crippen LogP contribution in [0.5, 0.6) is 0 Å². The molecule has 588 valence electrons. The molecule has 24 rings (SSSR count). The molecule has 12 nitrogen and oxygen atoms in total. The predicted octanol–water partition coefficient (Wildman–Crippen LogP) is 26.4. The second-order valence-corrected chi connectivity index (χ2v) is 32.3. The highest BCUT2D eigenvalue weighted by Gasteiger charge is 2.30. The summed E-state index contributed by atoms with van der Waals surface area (Å²) in [6.45, 7) is 8.70. The second-order valence-electron chi connectivity index (χ2n) is 32.3. The summed E-state index contributed by atoms with van der Waals surface area (Å²) >= 11 is 0. The third kappa shape index (κ3) is 12.2. The van der Waals surface area contributed by atoms with Crippen molar-refractivity contribution in [3.63, 3.8) is 0 Å². The lowest BCUT2D eigenvalue weighted by Crippen LogP contribution is -2.32. The average Bonchev–Trinajstić information content (AvgIpc) is 1.53. The zero-order valence-electron chi connectivity index (χ0n) is 76.4. The smallest absolute Gasteiger partial charge is 0.228 e. The minimum atomic E-state index is -2.51. The maximum absolute atomic E-state index is 8.59. The molecule has 0 saturated heterocycles. The first-order valence-corrected chi connectivity index (χ1v) is 41.1. The summed E-state index contributed by atoms with van der Waals surface area (Å²) in [6.07, 6.45) is 10.00. The number of aryl methyl sites for hydroxylation is 10. The number of furan rings is 4. The van der Waals surface area contributed by atoms with Gasteiger partial charge in [-0.3, -0.25) is 0 Å². The highest BCUT2D eigenvalue weighted by atomic mass is 16.4. The van der Waals surface area contributed by atoms with Gasteiger partial charge in [-0.1, -0.05) is 208 Å². The van der Waals surface area contributed by atoms with Crippen LogP contribution in [0, 0.1) is 48.4 Å². The minimum absolute atomic E-state index is 0.224. The third-order valence-corrected chi connectivity index (χ3v) is 24.8.